The summed E-state index contributed by atoms with van der Waals surface area (Å²) < 4.78 is 26.8. The molecule has 0 bridgehead atoms. The molecule has 0 radical (unpaired) electrons. The van der Waals surface area contributed by atoms with Crippen LogP contribution >= 0.6 is 31.9 Å². The fourth-order valence-corrected chi connectivity index (χ4v) is 2.92. The highest BCUT2D eigenvalue weighted by atomic mass is 79.9. The SMILES string of the molecule is FC(F)c1ccc(CNc2c(Br)cccc2Br)cc1. The van der Waals surface area contributed by atoms with Crippen molar-refractivity contribution in [2.75, 3.05) is 5.32 Å². The molecule has 0 atom stereocenters. The van der Waals surface area contributed by atoms with Crippen LogP contribution in [0.15, 0.2) is 51.4 Å². The maximum Gasteiger partial charge on any atom is 0.263 e. The number of halogens is 4. The molecule has 0 saturated heterocycles. The molecule has 1 nitrogen and oxygen atoms in total. The van der Waals surface area contributed by atoms with E-state index in [0.29, 0.717) is 6.54 Å². The summed E-state index contributed by atoms with van der Waals surface area (Å²) in [6.45, 7) is 0.574. The van der Waals surface area contributed by atoms with Gasteiger partial charge in [-0.3, -0.25) is 0 Å². The first kappa shape index (κ1) is 14.5. The summed E-state index contributed by atoms with van der Waals surface area (Å²) in [6.07, 6.45) is -2.42. The predicted octanol–water partition coefficient (Wildman–Crippen LogP) is 5.76. The van der Waals surface area contributed by atoms with Crippen LogP contribution in [0.25, 0.3) is 0 Å². The zero-order chi connectivity index (χ0) is 13.8. The topological polar surface area (TPSA) is 12.0 Å². The Bertz CT molecular complexity index is 536. The minimum atomic E-state index is -2.42. The second kappa shape index (κ2) is 6.48. The van der Waals surface area contributed by atoms with Gasteiger partial charge in [0.25, 0.3) is 6.43 Å². The Morgan fingerprint density at radius 3 is 2.05 bits per heavy atom. The van der Waals surface area contributed by atoms with Crippen molar-refractivity contribution in [2.45, 2.75) is 13.0 Å². The number of benzene rings is 2. The van der Waals surface area contributed by atoms with Gasteiger partial charge >= 0.3 is 0 Å². The minimum Gasteiger partial charge on any atom is -0.379 e. The predicted molar refractivity (Wildman–Crippen MR) is 80.6 cm³/mol. The maximum atomic E-state index is 12.4. The Labute approximate surface area is 127 Å². The lowest BCUT2D eigenvalue weighted by Crippen LogP contribution is -2.01. The summed E-state index contributed by atoms with van der Waals surface area (Å²) in [5.41, 5.74) is 1.94. The normalized spacial score (nSPS) is 10.8. The van der Waals surface area contributed by atoms with E-state index >= 15 is 0 Å². The van der Waals surface area contributed by atoms with Gasteiger partial charge in [-0.15, -0.1) is 0 Å². The van der Waals surface area contributed by atoms with Crippen molar-refractivity contribution in [3.05, 3.63) is 62.5 Å². The van der Waals surface area contributed by atoms with Gasteiger partial charge in [-0.25, -0.2) is 8.78 Å². The Balaban J connectivity index is 2.06. The Hall–Kier alpha value is -0.940. The van der Waals surface area contributed by atoms with Gasteiger partial charge in [0.05, 0.1) is 5.69 Å². The van der Waals surface area contributed by atoms with Crippen LogP contribution in [-0.4, -0.2) is 0 Å². The highest BCUT2D eigenvalue weighted by Crippen LogP contribution is 2.31. The molecule has 100 valence electrons. The molecular weight excluding hydrogens is 380 g/mol. The molecule has 2 rings (SSSR count). The van der Waals surface area contributed by atoms with Crippen LogP contribution in [0.1, 0.15) is 17.6 Å². The monoisotopic (exact) mass is 389 g/mol. The van der Waals surface area contributed by atoms with Gasteiger partial charge < -0.3 is 5.32 Å². The summed E-state index contributed by atoms with van der Waals surface area (Å²) in [5.74, 6) is 0. The third kappa shape index (κ3) is 3.76. The van der Waals surface area contributed by atoms with Crippen LogP contribution in [0.4, 0.5) is 14.5 Å². The lowest BCUT2D eigenvalue weighted by Gasteiger charge is -2.11. The number of hydrogen-bond acceptors (Lipinski definition) is 1. The molecule has 5 heteroatoms. The van der Waals surface area contributed by atoms with E-state index in [1.54, 1.807) is 12.1 Å². The van der Waals surface area contributed by atoms with Crippen molar-refractivity contribution in [1.29, 1.82) is 0 Å². The molecule has 0 spiro atoms. The number of nitrogens with one attached hydrogen (secondary N) is 1. The van der Waals surface area contributed by atoms with Gasteiger partial charge in [0.15, 0.2) is 0 Å². The van der Waals surface area contributed by atoms with Gasteiger partial charge in [0.2, 0.25) is 0 Å². The molecule has 2 aromatic carbocycles. The lowest BCUT2D eigenvalue weighted by molar-refractivity contribution is 0.151. The van der Waals surface area contributed by atoms with Crippen molar-refractivity contribution in [1.82, 2.24) is 0 Å². The number of rotatable bonds is 4. The lowest BCUT2D eigenvalue weighted by atomic mass is 10.1. The molecule has 19 heavy (non-hydrogen) atoms. The fraction of sp³-hybridized carbons (Fsp3) is 0.143. The van der Waals surface area contributed by atoms with E-state index in [0.717, 1.165) is 20.2 Å². The first-order chi connectivity index (χ1) is 9.08. The summed E-state index contributed by atoms with van der Waals surface area (Å²) in [7, 11) is 0. The van der Waals surface area contributed by atoms with Gasteiger partial charge in [0, 0.05) is 21.1 Å². The molecule has 0 heterocycles. The molecule has 0 aliphatic heterocycles. The van der Waals surface area contributed by atoms with Crippen molar-refractivity contribution >= 4 is 37.5 Å². The molecule has 0 unspecified atom stereocenters. The van der Waals surface area contributed by atoms with Crippen molar-refractivity contribution in [2.24, 2.45) is 0 Å². The quantitative estimate of drug-likeness (QED) is 0.699. The zero-order valence-electron chi connectivity index (χ0n) is 9.84. The molecule has 1 N–H and O–H groups in total. The van der Waals surface area contributed by atoms with Crippen LogP contribution in [0.5, 0.6) is 0 Å². The van der Waals surface area contributed by atoms with Crippen LogP contribution in [0, 0.1) is 0 Å². The Morgan fingerprint density at radius 2 is 1.53 bits per heavy atom. The largest absolute Gasteiger partial charge is 0.379 e. The zero-order valence-corrected chi connectivity index (χ0v) is 13.0. The maximum absolute atomic E-state index is 12.4. The third-order valence-electron chi connectivity index (χ3n) is 2.66. The Kier molecular flexibility index (Phi) is 4.93. The molecule has 2 aromatic rings. The summed E-state index contributed by atoms with van der Waals surface area (Å²) in [5, 5.41) is 3.26. The van der Waals surface area contributed by atoms with Crippen LogP contribution in [-0.2, 0) is 6.54 Å². The van der Waals surface area contributed by atoms with Gasteiger partial charge in [-0.2, -0.15) is 0 Å². The standard InChI is InChI=1S/C14H11Br2F2N/c15-11-2-1-3-12(16)13(11)19-8-9-4-6-10(7-5-9)14(17)18/h1-7,14,19H,8H2. The third-order valence-corrected chi connectivity index (χ3v) is 3.99. The summed E-state index contributed by atoms with van der Waals surface area (Å²) in [4.78, 5) is 0. The van der Waals surface area contributed by atoms with Crippen molar-refractivity contribution in [3.8, 4) is 0 Å². The average molecular weight is 391 g/mol. The van der Waals surface area contributed by atoms with Crippen molar-refractivity contribution < 1.29 is 8.78 Å². The van der Waals surface area contributed by atoms with Crippen LogP contribution in [0.2, 0.25) is 0 Å². The van der Waals surface area contributed by atoms with Gasteiger partial charge in [-0.1, -0.05) is 30.3 Å². The Morgan fingerprint density at radius 1 is 0.947 bits per heavy atom. The molecule has 0 saturated carbocycles. The highest BCUT2D eigenvalue weighted by molar-refractivity contribution is 9.11. The van der Waals surface area contributed by atoms with Crippen LogP contribution < -0.4 is 5.32 Å². The molecule has 0 fully saturated rings. The molecular formula is C14H11Br2F2N. The fourth-order valence-electron chi connectivity index (χ4n) is 1.64. The van der Waals surface area contributed by atoms with E-state index in [9.17, 15) is 8.78 Å². The number of hydrogen-bond donors (Lipinski definition) is 1. The van der Waals surface area contributed by atoms with E-state index in [1.807, 2.05) is 18.2 Å². The second-order valence-corrected chi connectivity index (χ2v) is 5.70. The van der Waals surface area contributed by atoms with Gasteiger partial charge in [0.1, 0.15) is 0 Å². The average Bonchev–Trinajstić information content (AvgIpc) is 2.38. The molecule has 0 aliphatic carbocycles. The number of anilines is 1. The first-order valence-electron chi connectivity index (χ1n) is 5.63. The van der Waals surface area contributed by atoms with E-state index in [2.05, 4.69) is 37.2 Å². The molecule has 0 amide bonds. The van der Waals surface area contributed by atoms with E-state index in [1.165, 1.54) is 12.1 Å². The molecule has 0 aliphatic rings. The van der Waals surface area contributed by atoms with Crippen LogP contribution in [0.3, 0.4) is 0 Å². The van der Waals surface area contributed by atoms with E-state index in [-0.39, 0.29) is 5.56 Å². The van der Waals surface area contributed by atoms with E-state index < -0.39 is 6.43 Å². The van der Waals surface area contributed by atoms with Crippen molar-refractivity contribution in [3.63, 3.8) is 0 Å². The molecule has 0 aromatic heterocycles. The first-order valence-corrected chi connectivity index (χ1v) is 7.21. The summed E-state index contributed by atoms with van der Waals surface area (Å²) >= 11 is 6.92. The smallest absolute Gasteiger partial charge is 0.263 e. The number of para-hydroxylation sites is 1. The van der Waals surface area contributed by atoms with Gasteiger partial charge in [-0.05, 0) is 49.6 Å². The van der Waals surface area contributed by atoms with E-state index in [4.69, 9.17) is 0 Å². The highest BCUT2D eigenvalue weighted by Gasteiger charge is 2.07. The minimum absolute atomic E-state index is 0.0471. The number of alkyl halides is 2. The second-order valence-electron chi connectivity index (χ2n) is 3.99. The summed E-state index contributed by atoms with van der Waals surface area (Å²) in [6, 6.07) is 12.1.